The summed E-state index contributed by atoms with van der Waals surface area (Å²) < 4.78 is 0.959. The Morgan fingerprint density at radius 1 is 1.53 bits per heavy atom. The Morgan fingerprint density at radius 3 is 2.87 bits per heavy atom. The highest BCUT2D eigenvalue weighted by molar-refractivity contribution is 9.10. The summed E-state index contributed by atoms with van der Waals surface area (Å²) >= 11 is 9.47. The van der Waals surface area contributed by atoms with Gasteiger partial charge in [-0.25, -0.2) is 5.84 Å². The molecule has 0 spiro atoms. The average Bonchev–Trinajstić information content (AvgIpc) is 3.02. The zero-order valence-corrected chi connectivity index (χ0v) is 10.3. The molecule has 0 unspecified atom stereocenters. The number of hydrazine groups is 1. The fourth-order valence-corrected chi connectivity index (χ4v) is 1.82. The van der Waals surface area contributed by atoms with E-state index in [1.807, 2.05) is 18.2 Å². The molecule has 0 aromatic heterocycles. The van der Waals surface area contributed by atoms with Crippen molar-refractivity contribution in [2.45, 2.75) is 18.9 Å². The number of nitrogens with zero attached hydrogens (tertiary/aromatic N) is 1. The molecule has 1 saturated carbocycles. The summed E-state index contributed by atoms with van der Waals surface area (Å²) in [6, 6.07) is 6.02. The Hall–Kier alpha value is -0.580. The Morgan fingerprint density at radius 2 is 2.27 bits per heavy atom. The molecule has 0 amide bonds. The molecule has 0 saturated heterocycles. The third-order valence-corrected chi connectivity index (χ3v) is 3.00. The average molecular weight is 289 g/mol. The van der Waals surface area contributed by atoms with E-state index in [4.69, 9.17) is 17.4 Å². The summed E-state index contributed by atoms with van der Waals surface area (Å²) in [6.45, 7) is 0. The fourth-order valence-electron chi connectivity index (χ4n) is 1.25. The zero-order chi connectivity index (χ0) is 10.8. The van der Waals surface area contributed by atoms with Gasteiger partial charge in [0.2, 0.25) is 0 Å². The molecule has 1 aromatic carbocycles. The summed E-state index contributed by atoms with van der Waals surface area (Å²) in [6.07, 6.45) is 2.27. The number of aliphatic imine (C=N–C) groups is 1. The maximum Gasteiger partial charge on any atom is 0.144 e. The first-order valence-electron chi connectivity index (χ1n) is 4.70. The molecule has 2 rings (SSSR count). The Balaban J connectivity index is 2.36. The van der Waals surface area contributed by atoms with E-state index in [0.29, 0.717) is 16.9 Å². The lowest BCUT2D eigenvalue weighted by molar-refractivity contribution is 0.971. The minimum Gasteiger partial charge on any atom is -0.308 e. The van der Waals surface area contributed by atoms with E-state index in [-0.39, 0.29) is 0 Å². The highest BCUT2D eigenvalue weighted by atomic mass is 79.9. The summed E-state index contributed by atoms with van der Waals surface area (Å²) in [5.41, 5.74) is 3.44. The smallest absolute Gasteiger partial charge is 0.144 e. The van der Waals surface area contributed by atoms with Crippen molar-refractivity contribution in [3.8, 4) is 0 Å². The van der Waals surface area contributed by atoms with E-state index in [0.717, 1.165) is 22.9 Å². The molecule has 5 heteroatoms. The minimum atomic E-state index is 0.408. The molecule has 80 valence electrons. The van der Waals surface area contributed by atoms with Gasteiger partial charge in [-0.3, -0.25) is 4.99 Å². The SMILES string of the molecule is NNC(=NC1CC1)c1cc(Br)ccc1Cl. The van der Waals surface area contributed by atoms with E-state index in [2.05, 4.69) is 26.3 Å². The lowest BCUT2D eigenvalue weighted by Crippen LogP contribution is -2.31. The van der Waals surface area contributed by atoms with Crippen molar-refractivity contribution >= 4 is 33.4 Å². The van der Waals surface area contributed by atoms with Crippen LogP contribution in [0.15, 0.2) is 27.7 Å². The van der Waals surface area contributed by atoms with Gasteiger partial charge in [-0.1, -0.05) is 27.5 Å². The van der Waals surface area contributed by atoms with E-state index in [1.54, 1.807) is 0 Å². The van der Waals surface area contributed by atoms with Crippen molar-refractivity contribution in [3.05, 3.63) is 33.3 Å². The number of halogens is 2. The minimum absolute atomic E-state index is 0.408. The van der Waals surface area contributed by atoms with Gasteiger partial charge < -0.3 is 5.43 Å². The Bertz CT molecular complexity index is 402. The molecule has 0 aliphatic heterocycles. The molecule has 1 fully saturated rings. The van der Waals surface area contributed by atoms with Crippen LogP contribution in [0.1, 0.15) is 18.4 Å². The van der Waals surface area contributed by atoms with Gasteiger partial charge in [-0.2, -0.15) is 0 Å². The van der Waals surface area contributed by atoms with E-state index < -0.39 is 0 Å². The second kappa shape index (κ2) is 4.51. The van der Waals surface area contributed by atoms with Crippen molar-refractivity contribution in [2.24, 2.45) is 10.8 Å². The van der Waals surface area contributed by atoms with Gasteiger partial charge in [0.15, 0.2) is 0 Å². The van der Waals surface area contributed by atoms with Crippen LogP contribution in [-0.4, -0.2) is 11.9 Å². The Kier molecular flexibility index (Phi) is 3.29. The first-order valence-corrected chi connectivity index (χ1v) is 5.87. The maximum atomic E-state index is 6.08. The van der Waals surface area contributed by atoms with Gasteiger partial charge in [-0.15, -0.1) is 0 Å². The second-order valence-electron chi connectivity index (χ2n) is 3.48. The van der Waals surface area contributed by atoms with E-state index >= 15 is 0 Å². The predicted molar refractivity (Wildman–Crippen MR) is 66.0 cm³/mol. The number of hydrogen-bond donors (Lipinski definition) is 2. The first-order chi connectivity index (χ1) is 7.20. The molecule has 0 heterocycles. The van der Waals surface area contributed by atoms with Crippen molar-refractivity contribution in [1.82, 2.24) is 5.43 Å². The van der Waals surface area contributed by atoms with Gasteiger partial charge in [0.25, 0.3) is 0 Å². The molecule has 0 bridgehead atoms. The Labute approximate surface area is 102 Å². The highest BCUT2D eigenvalue weighted by Gasteiger charge is 2.21. The number of benzene rings is 1. The molecule has 15 heavy (non-hydrogen) atoms. The van der Waals surface area contributed by atoms with Crippen LogP contribution in [-0.2, 0) is 0 Å². The summed E-state index contributed by atoms with van der Waals surface area (Å²) in [5, 5.41) is 0.649. The predicted octanol–water partition coefficient (Wildman–Crippen LogP) is 2.47. The molecule has 1 aliphatic rings. The third kappa shape index (κ3) is 2.71. The second-order valence-corrected chi connectivity index (χ2v) is 4.80. The van der Waals surface area contributed by atoms with Crippen LogP contribution in [0.4, 0.5) is 0 Å². The van der Waals surface area contributed by atoms with Crippen LogP contribution in [0.5, 0.6) is 0 Å². The van der Waals surface area contributed by atoms with Crippen LogP contribution in [0.3, 0.4) is 0 Å². The van der Waals surface area contributed by atoms with Gasteiger partial charge in [-0.05, 0) is 31.0 Å². The number of rotatable bonds is 2. The number of nitrogens with two attached hydrogens (primary N) is 1. The van der Waals surface area contributed by atoms with Crippen LogP contribution in [0.2, 0.25) is 5.02 Å². The lowest BCUT2D eigenvalue weighted by atomic mass is 10.2. The fraction of sp³-hybridized carbons (Fsp3) is 0.300. The molecule has 0 radical (unpaired) electrons. The number of hydrogen-bond acceptors (Lipinski definition) is 2. The van der Waals surface area contributed by atoms with Gasteiger partial charge in [0.05, 0.1) is 11.1 Å². The highest BCUT2D eigenvalue weighted by Crippen LogP contribution is 2.26. The molecular formula is C10H11BrClN3. The van der Waals surface area contributed by atoms with Crippen molar-refractivity contribution < 1.29 is 0 Å². The normalized spacial score (nSPS) is 16.6. The summed E-state index contributed by atoms with van der Waals surface area (Å²) in [7, 11) is 0. The lowest BCUT2D eigenvalue weighted by Gasteiger charge is -2.08. The third-order valence-electron chi connectivity index (χ3n) is 2.18. The van der Waals surface area contributed by atoms with E-state index in [1.165, 1.54) is 0 Å². The topological polar surface area (TPSA) is 50.4 Å². The monoisotopic (exact) mass is 287 g/mol. The van der Waals surface area contributed by atoms with Crippen molar-refractivity contribution in [2.75, 3.05) is 0 Å². The first kappa shape index (κ1) is 10.9. The van der Waals surface area contributed by atoms with Gasteiger partial charge in [0.1, 0.15) is 5.84 Å². The van der Waals surface area contributed by atoms with Gasteiger partial charge in [0, 0.05) is 10.0 Å². The molecule has 3 N–H and O–H groups in total. The summed E-state index contributed by atoms with van der Waals surface area (Å²) in [5.74, 6) is 6.10. The number of nitrogens with one attached hydrogen (secondary N) is 1. The molecule has 1 aromatic rings. The van der Waals surface area contributed by atoms with Gasteiger partial charge >= 0.3 is 0 Å². The molecule has 1 aliphatic carbocycles. The van der Waals surface area contributed by atoms with E-state index in [9.17, 15) is 0 Å². The van der Waals surface area contributed by atoms with Crippen LogP contribution < -0.4 is 11.3 Å². The summed E-state index contributed by atoms with van der Waals surface area (Å²) in [4.78, 5) is 4.45. The molecular weight excluding hydrogens is 277 g/mol. The largest absolute Gasteiger partial charge is 0.308 e. The van der Waals surface area contributed by atoms with Crippen LogP contribution in [0.25, 0.3) is 0 Å². The number of amidine groups is 1. The van der Waals surface area contributed by atoms with Crippen LogP contribution in [0, 0.1) is 0 Å². The standard InChI is InChI=1S/C10H11BrClN3/c11-6-1-4-9(12)8(5-6)10(15-13)14-7-2-3-7/h1,4-5,7H,2-3,13H2,(H,14,15). The maximum absolute atomic E-state index is 6.08. The molecule has 0 atom stereocenters. The quantitative estimate of drug-likeness (QED) is 0.380. The van der Waals surface area contributed by atoms with Crippen molar-refractivity contribution in [1.29, 1.82) is 0 Å². The molecule has 3 nitrogen and oxygen atoms in total. The van der Waals surface area contributed by atoms with Crippen molar-refractivity contribution in [3.63, 3.8) is 0 Å². The zero-order valence-electron chi connectivity index (χ0n) is 8.00. The van der Waals surface area contributed by atoms with Crippen LogP contribution >= 0.6 is 27.5 Å².